The molecule has 1 atom stereocenters. The highest BCUT2D eigenvalue weighted by atomic mass is 79.9. The zero-order valence-electron chi connectivity index (χ0n) is 9.13. The number of benzene rings is 2. The summed E-state index contributed by atoms with van der Waals surface area (Å²) in [4.78, 5) is 0. The lowest BCUT2D eigenvalue weighted by Gasteiger charge is -2.14. The van der Waals surface area contributed by atoms with E-state index >= 15 is 0 Å². The van der Waals surface area contributed by atoms with E-state index in [1.54, 1.807) is 12.1 Å². The second-order valence-electron chi connectivity index (χ2n) is 3.85. The van der Waals surface area contributed by atoms with E-state index in [-0.39, 0.29) is 5.56 Å². The van der Waals surface area contributed by atoms with E-state index in [9.17, 15) is 8.78 Å². The van der Waals surface area contributed by atoms with Crippen LogP contribution in [0.25, 0.3) is 0 Å². The summed E-state index contributed by atoms with van der Waals surface area (Å²) in [6, 6.07) is 7.96. The zero-order chi connectivity index (χ0) is 13.3. The normalized spacial score (nSPS) is 12.5. The summed E-state index contributed by atoms with van der Waals surface area (Å²) in [5.41, 5.74) is 6.81. The topological polar surface area (TPSA) is 26.0 Å². The Kier molecular flexibility index (Phi) is 4.14. The van der Waals surface area contributed by atoms with E-state index in [0.717, 1.165) is 27.1 Å². The molecule has 18 heavy (non-hydrogen) atoms. The van der Waals surface area contributed by atoms with Crippen molar-refractivity contribution in [3.8, 4) is 0 Å². The Morgan fingerprint density at radius 3 is 2.17 bits per heavy atom. The van der Waals surface area contributed by atoms with Crippen molar-refractivity contribution < 1.29 is 8.78 Å². The summed E-state index contributed by atoms with van der Waals surface area (Å²) < 4.78 is 28.4. The van der Waals surface area contributed by atoms with Crippen LogP contribution in [0.3, 0.4) is 0 Å². The van der Waals surface area contributed by atoms with Gasteiger partial charge in [-0.1, -0.05) is 31.9 Å². The largest absolute Gasteiger partial charge is 0.320 e. The van der Waals surface area contributed by atoms with Crippen LogP contribution in [0.4, 0.5) is 8.78 Å². The third-order valence-corrected chi connectivity index (χ3v) is 3.45. The first kappa shape index (κ1) is 13.6. The van der Waals surface area contributed by atoms with Gasteiger partial charge in [-0.2, -0.15) is 0 Å². The molecule has 1 nitrogen and oxygen atoms in total. The molecular weight excluding hydrogens is 368 g/mol. The van der Waals surface area contributed by atoms with Crippen LogP contribution >= 0.6 is 31.9 Å². The maximum atomic E-state index is 13.6. The Morgan fingerprint density at radius 1 is 0.944 bits per heavy atom. The van der Waals surface area contributed by atoms with Gasteiger partial charge in [0.25, 0.3) is 0 Å². The lowest BCUT2D eigenvalue weighted by atomic mass is 9.99. The molecule has 0 bridgehead atoms. The van der Waals surface area contributed by atoms with E-state index in [4.69, 9.17) is 5.73 Å². The molecule has 0 amide bonds. The minimum Gasteiger partial charge on any atom is -0.320 e. The highest BCUT2D eigenvalue weighted by molar-refractivity contribution is 9.11. The maximum Gasteiger partial charge on any atom is 0.128 e. The van der Waals surface area contributed by atoms with Crippen molar-refractivity contribution in [2.45, 2.75) is 6.04 Å². The molecule has 0 spiro atoms. The summed E-state index contributed by atoms with van der Waals surface area (Å²) in [7, 11) is 0. The molecule has 0 aromatic heterocycles. The Morgan fingerprint density at radius 2 is 1.56 bits per heavy atom. The number of nitrogens with two attached hydrogens (primary N) is 1. The average Bonchev–Trinajstić information content (AvgIpc) is 2.30. The molecule has 0 saturated carbocycles. The first-order valence-electron chi connectivity index (χ1n) is 5.14. The first-order chi connectivity index (χ1) is 8.47. The van der Waals surface area contributed by atoms with Crippen molar-refractivity contribution in [3.05, 3.63) is 68.1 Å². The van der Waals surface area contributed by atoms with E-state index < -0.39 is 17.7 Å². The Labute approximate surface area is 120 Å². The van der Waals surface area contributed by atoms with Crippen LogP contribution < -0.4 is 5.73 Å². The number of hydrogen-bond donors (Lipinski definition) is 1. The first-order valence-corrected chi connectivity index (χ1v) is 6.72. The van der Waals surface area contributed by atoms with Crippen molar-refractivity contribution in [1.29, 1.82) is 0 Å². The van der Waals surface area contributed by atoms with Crippen molar-refractivity contribution in [3.63, 3.8) is 0 Å². The smallest absolute Gasteiger partial charge is 0.128 e. The van der Waals surface area contributed by atoms with Gasteiger partial charge in [0.2, 0.25) is 0 Å². The molecule has 2 aromatic carbocycles. The quantitative estimate of drug-likeness (QED) is 0.818. The van der Waals surface area contributed by atoms with E-state index in [0.29, 0.717) is 5.56 Å². The highest BCUT2D eigenvalue weighted by Crippen LogP contribution is 2.28. The Balaban J connectivity index is 2.47. The third-order valence-electron chi connectivity index (χ3n) is 2.54. The molecule has 2 rings (SSSR count). The number of hydrogen-bond acceptors (Lipinski definition) is 1. The standard InChI is InChI=1S/C13H9Br2F2N/c14-8-3-7(4-9(15)5-8)13(18)11-6-10(16)1-2-12(11)17/h1-6,13H,18H2. The highest BCUT2D eigenvalue weighted by Gasteiger charge is 2.15. The lowest BCUT2D eigenvalue weighted by molar-refractivity contribution is 0.576. The van der Waals surface area contributed by atoms with Crippen LogP contribution in [-0.2, 0) is 0 Å². The molecule has 1 unspecified atom stereocenters. The van der Waals surface area contributed by atoms with Gasteiger partial charge in [0, 0.05) is 14.5 Å². The average molecular weight is 377 g/mol. The fraction of sp³-hybridized carbons (Fsp3) is 0.0769. The summed E-state index contributed by atoms with van der Waals surface area (Å²) in [5.74, 6) is -1.02. The van der Waals surface area contributed by atoms with Gasteiger partial charge in [-0.05, 0) is 42.0 Å². The lowest BCUT2D eigenvalue weighted by Crippen LogP contribution is -2.14. The van der Waals surface area contributed by atoms with Crippen LogP contribution in [0.2, 0.25) is 0 Å². The molecule has 0 aliphatic rings. The minimum atomic E-state index is -0.713. The van der Waals surface area contributed by atoms with Gasteiger partial charge in [0.05, 0.1) is 6.04 Å². The second-order valence-corrected chi connectivity index (χ2v) is 5.68. The fourth-order valence-corrected chi connectivity index (χ4v) is 3.02. The van der Waals surface area contributed by atoms with Crippen LogP contribution in [0.1, 0.15) is 17.2 Å². The summed E-state index contributed by atoms with van der Waals surface area (Å²) in [6.45, 7) is 0. The Bertz CT molecular complexity index is 567. The molecule has 0 aliphatic carbocycles. The van der Waals surface area contributed by atoms with E-state index in [1.807, 2.05) is 6.07 Å². The van der Waals surface area contributed by atoms with Crippen molar-refractivity contribution in [1.82, 2.24) is 0 Å². The van der Waals surface area contributed by atoms with Gasteiger partial charge >= 0.3 is 0 Å². The summed E-state index contributed by atoms with van der Waals surface area (Å²) in [6.07, 6.45) is 0. The SMILES string of the molecule is NC(c1cc(Br)cc(Br)c1)c1cc(F)ccc1F. The molecular formula is C13H9Br2F2N. The van der Waals surface area contributed by atoms with Crippen molar-refractivity contribution >= 4 is 31.9 Å². The summed E-state index contributed by atoms with van der Waals surface area (Å²) in [5, 5.41) is 0. The predicted molar refractivity (Wildman–Crippen MR) is 74.2 cm³/mol. The molecule has 0 heterocycles. The van der Waals surface area contributed by atoms with Gasteiger partial charge in [0.1, 0.15) is 11.6 Å². The zero-order valence-corrected chi connectivity index (χ0v) is 12.3. The number of halogens is 4. The molecule has 0 saturated heterocycles. The van der Waals surface area contributed by atoms with Gasteiger partial charge < -0.3 is 5.73 Å². The van der Waals surface area contributed by atoms with Crippen LogP contribution in [0.5, 0.6) is 0 Å². The van der Waals surface area contributed by atoms with Gasteiger partial charge in [0.15, 0.2) is 0 Å². The molecule has 0 aliphatic heterocycles. The van der Waals surface area contributed by atoms with Gasteiger partial charge in [-0.3, -0.25) is 0 Å². The molecule has 5 heteroatoms. The van der Waals surface area contributed by atoms with Crippen molar-refractivity contribution in [2.24, 2.45) is 5.73 Å². The molecule has 94 valence electrons. The molecule has 2 N–H and O–H groups in total. The molecule has 0 fully saturated rings. The van der Waals surface area contributed by atoms with Gasteiger partial charge in [-0.25, -0.2) is 8.78 Å². The predicted octanol–water partition coefficient (Wildman–Crippen LogP) is 4.54. The van der Waals surface area contributed by atoms with E-state index in [1.165, 1.54) is 0 Å². The van der Waals surface area contributed by atoms with Crippen LogP contribution in [-0.4, -0.2) is 0 Å². The third kappa shape index (κ3) is 2.96. The second kappa shape index (κ2) is 5.47. The van der Waals surface area contributed by atoms with Gasteiger partial charge in [-0.15, -0.1) is 0 Å². The minimum absolute atomic E-state index is 0.139. The fourth-order valence-electron chi connectivity index (χ4n) is 1.69. The molecule has 0 radical (unpaired) electrons. The van der Waals surface area contributed by atoms with Crippen molar-refractivity contribution in [2.75, 3.05) is 0 Å². The monoisotopic (exact) mass is 375 g/mol. The number of rotatable bonds is 2. The molecule has 2 aromatic rings. The summed E-state index contributed by atoms with van der Waals surface area (Å²) >= 11 is 6.67. The maximum absolute atomic E-state index is 13.6. The van der Waals surface area contributed by atoms with Crippen LogP contribution in [0.15, 0.2) is 45.3 Å². The van der Waals surface area contributed by atoms with E-state index in [2.05, 4.69) is 31.9 Å². The Hall–Kier alpha value is -0.780. The van der Waals surface area contributed by atoms with Crippen LogP contribution in [0, 0.1) is 11.6 Å².